The molecule has 1 heteroatoms. The fourth-order valence-corrected chi connectivity index (χ4v) is 2.21. The summed E-state index contributed by atoms with van der Waals surface area (Å²) in [7, 11) is 0. The number of para-hydroxylation sites is 1. The lowest BCUT2D eigenvalue weighted by Gasteiger charge is -2.17. The first-order valence-electron chi connectivity index (χ1n) is 5.34. The predicted molar refractivity (Wildman–Crippen MR) is 64.4 cm³/mol. The Morgan fingerprint density at radius 3 is 2.80 bits per heavy atom. The van der Waals surface area contributed by atoms with E-state index in [0.29, 0.717) is 5.92 Å². The van der Waals surface area contributed by atoms with Crippen LogP contribution in [-0.2, 0) is 0 Å². The van der Waals surface area contributed by atoms with E-state index in [0.717, 1.165) is 5.69 Å². The standard InChI is InChI=1S/C14H13N/c1-9-7-8-12-11-5-3-4-6-13(11)15-14(12)10(9)2/h3-8,10H,1-2H3. The van der Waals surface area contributed by atoms with Gasteiger partial charge in [0.15, 0.2) is 0 Å². The molecule has 15 heavy (non-hydrogen) atoms. The second kappa shape index (κ2) is 2.93. The van der Waals surface area contributed by atoms with Gasteiger partial charge in [-0.25, -0.2) is 0 Å². The molecular weight excluding hydrogens is 182 g/mol. The molecule has 0 saturated carbocycles. The van der Waals surface area contributed by atoms with E-state index in [-0.39, 0.29) is 0 Å². The lowest BCUT2D eigenvalue weighted by Crippen LogP contribution is -2.14. The van der Waals surface area contributed by atoms with Gasteiger partial charge < -0.3 is 0 Å². The number of allylic oxidation sites excluding steroid dienone is 4. The zero-order valence-corrected chi connectivity index (χ0v) is 8.99. The van der Waals surface area contributed by atoms with Gasteiger partial charge in [0.25, 0.3) is 0 Å². The maximum absolute atomic E-state index is 4.71. The minimum absolute atomic E-state index is 0.456. The van der Waals surface area contributed by atoms with Crippen LogP contribution in [0.3, 0.4) is 0 Å². The zero-order valence-electron chi connectivity index (χ0n) is 8.99. The van der Waals surface area contributed by atoms with E-state index in [1.54, 1.807) is 0 Å². The molecule has 1 aliphatic heterocycles. The van der Waals surface area contributed by atoms with E-state index >= 15 is 0 Å². The Kier molecular flexibility index (Phi) is 1.69. The van der Waals surface area contributed by atoms with E-state index in [1.807, 2.05) is 6.07 Å². The number of rotatable bonds is 0. The monoisotopic (exact) mass is 195 g/mol. The number of aliphatic imine (C=N–C) groups is 1. The largest absolute Gasteiger partial charge is 0.252 e. The summed E-state index contributed by atoms with van der Waals surface area (Å²) in [5.74, 6) is 0.456. The summed E-state index contributed by atoms with van der Waals surface area (Å²) in [5.41, 5.74) is 6.34. The molecule has 2 aliphatic rings. The normalized spacial score (nSPS) is 22.5. The summed E-state index contributed by atoms with van der Waals surface area (Å²) >= 11 is 0. The molecule has 0 fully saturated rings. The molecule has 0 N–H and O–H groups in total. The highest BCUT2D eigenvalue weighted by Gasteiger charge is 2.26. The van der Waals surface area contributed by atoms with Crippen molar-refractivity contribution in [2.24, 2.45) is 10.9 Å². The number of hydrogen-bond acceptors (Lipinski definition) is 1. The number of hydrogen-bond donors (Lipinski definition) is 0. The Morgan fingerprint density at radius 2 is 1.93 bits per heavy atom. The summed E-state index contributed by atoms with van der Waals surface area (Å²) in [6, 6.07) is 8.36. The van der Waals surface area contributed by atoms with Crippen LogP contribution in [0, 0.1) is 5.92 Å². The summed E-state index contributed by atoms with van der Waals surface area (Å²) in [5, 5.41) is 0. The van der Waals surface area contributed by atoms with Gasteiger partial charge in [0.1, 0.15) is 0 Å². The number of fused-ring (bicyclic) bond motifs is 3. The van der Waals surface area contributed by atoms with Gasteiger partial charge in [0, 0.05) is 17.1 Å². The van der Waals surface area contributed by atoms with Crippen LogP contribution in [0.1, 0.15) is 19.4 Å². The van der Waals surface area contributed by atoms with Gasteiger partial charge in [0.05, 0.1) is 11.4 Å². The molecule has 0 spiro atoms. The smallest absolute Gasteiger partial charge is 0.0712 e. The van der Waals surface area contributed by atoms with Crippen LogP contribution in [0.25, 0.3) is 5.57 Å². The van der Waals surface area contributed by atoms with Gasteiger partial charge in [-0.3, -0.25) is 4.99 Å². The third-order valence-corrected chi connectivity index (χ3v) is 3.32. The highest BCUT2D eigenvalue weighted by atomic mass is 14.8. The second-order valence-corrected chi connectivity index (χ2v) is 4.23. The van der Waals surface area contributed by atoms with Crippen LogP contribution in [0.2, 0.25) is 0 Å². The molecule has 3 rings (SSSR count). The van der Waals surface area contributed by atoms with Crippen LogP contribution >= 0.6 is 0 Å². The highest BCUT2D eigenvalue weighted by Crippen LogP contribution is 2.40. The van der Waals surface area contributed by atoms with E-state index in [2.05, 4.69) is 44.2 Å². The lowest BCUT2D eigenvalue weighted by molar-refractivity contribution is 0.917. The van der Waals surface area contributed by atoms with Crippen LogP contribution in [0.4, 0.5) is 5.69 Å². The summed E-state index contributed by atoms with van der Waals surface area (Å²) in [6.45, 7) is 4.40. The molecule has 0 radical (unpaired) electrons. The molecule has 74 valence electrons. The summed E-state index contributed by atoms with van der Waals surface area (Å²) < 4.78 is 0. The van der Waals surface area contributed by atoms with Crippen molar-refractivity contribution in [1.82, 2.24) is 0 Å². The van der Waals surface area contributed by atoms with E-state index in [4.69, 9.17) is 4.99 Å². The van der Waals surface area contributed by atoms with Crippen molar-refractivity contribution in [3.63, 3.8) is 0 Å². The zero-order chi connectivity index (χ0) is 10.4. The first-order chi connectivity index (χ1) is 7.27. The number of benzene rings is 1. The van der Waals surface area contributed by atoms with Crippen molar-refractivity contribution in [3.05, 3.63) is 47.6 Å². The average molecular weight is 195 g/mol. The van der Waals surface area contributed by atoms with E-state index in [1.165, 1.54) is 22.4 Å². The van der Waals surface area contributed by atoms with Crippen molar-refractivity contribution in [3.8, 4) is 0 Å². The third-order valence-electron chi connectivity index (χ3n) is 3.32. The molecule has 1 nitrogen and oxygen atoms in total. The Hall–Kier alpha value is -1.63. The molecule has 1 aliphatic carbocycles. The molecule has 1 aromatic carbocycles. The molecule has 0 aromatic heterocycles. The number of nitrogens with zero attached hydrogens (tertiary/aromatic N) is 1. The maximum Gasteiger partial charge on any atom is 0.0712 e. The molecule has 1 heterocycles. The summed E-state index contributed by atoms with van der Waals surface area (Å²) in [4.78, 5) is 4.71. The molecule has 0 bridgehead atoms. The van der Waals surface area contributed by atoms with Gasteiger partial charge in [-0.15, -0.1) is 0 Å². The van der Waals surface area contributed by atoms with Crippen molar-refractivity contribution in [2.45, 2.75) is 13.8 Å². The van der Waals surface area contributed by atoms with Crippen molar-refractivity contribution in [1.29, 1.82) is 0 Å². The molecule has 1 atom stereocenters. The average Bonchev–Trinajstić information content (AvgIpc) is 2.63. The van der Waals surface area contributed by atoms with Crippen molar-refractivity contribution < 1.29 is 0 Å². The maximum atomic E-state index is 4.71. The third kappa shape index (κ3) is 1.13. The fraction of sp³-hybridized carbons (Fsp3) is 0.214. The van der Waals surface area contributed by atoms with Gasteiger partial charge >= 0.3 is 0 Å². The Labute approximate surface area is 89.9 Å². The lowest BCUT2D eigenvalue weighted by atomic mass is 9.86. The predicted octanol–water partition coefficient (Wildman–Crippen LogP) is 3.75. The Balaban J connectivity index is 2.22. The summed E-state index contributed by atoms with van der Waals surface area (Å²) in [6.07, 6.45) is 4.40. The van der Waals surface area contributed by atoms with Crippen LogP contribution < -0.4 is 0 Å². The molecule has 0 amide bonds. The van der Waals surface area contributed by atoms with Gasteiger partial charge in [0.2, 0.25) is 0 Å². The molecule has 1 aromatic rings. The first-order valence-corrected chi connectivity index (χ1v) is 5.34. The minimum Gasteiger partial charge on any atom is -0.252 e. The van der Waals surface area contributed by atoms with Gasteiger partial charge in [-0.2, -0.15) is 0 Å². The second-order valence-electron chi connectivity index (χ2n) is 4.23. The Bertz CT molecular complexity index is 518. The first kappa shape index (κ1) is 8.66. The molecule has 0 saturated heterocycles. The van der Waals surface area contributed by atoms with Crippen LogP contribution in [0.5, 0.6) is 0 Å². The minimum atomic E-state index is 0.456. The van der Waals surface area contributed by atoms with Crippen LogP contribution in [-0.4, -0.2) is 5.71 Å². The van der Waals surface area contributed by atoms with E-state index in [9.17, 15) is 0 Å². The van der Waals surface area contributed by atoms with Crippen molar-refractivity contribution in [2.75, 3.05) is 0 Å². The topological polar surface area (TPSA) is 12.4 Å². The highest BCUT2D eigenvalue weighted by molar-refractivity contribution is 6.31. The molecule has 1 unspecified atom stereocenters. The van der Waals surface area contributed by atoms with Gasteiger partial charge in [-0.1, -0.05) is 42.8 Å². The SMILES string of the molecule is CC1=CC=C2C(=Nc3ccccc32)C1C. The quantitative estimate of drug-likeness (QED) is 0.597. The molecular formula is C14H13N. The fourth-order valence-electron chi connectivity index (χ4n) is 2.21. The van der Waals surface area contributed by atoms with Crippen LogP contribution in [0.15, 0.2) is 47.0 Å². The van der Waals surface area contributed by atoms with E-state index < -0.39 is 0 Å². The van der Waals surface area contributed by atoms with Crippen molar-refractivity contribution >= 4 is 17.0 Å². The van der Waals surface area contributed by atoms with Gasteiger partial charge in [-0.05, 0) is 13.0 Å². The Morgan fingerprint density at radius 1 is 1.13 bits per heavy atom.